The number of hydrogen-bond acceptors (Lipinski definition) is 4. The molecule has 0 spiro atoms. The summed E-state index contributed by atoms with van der Waals surface area (Å²) in [6, 6.07) is 0. The van der Waals surface area contributed by atoms with Gasteiger partial charge in [-0.3, -0.25) is 9.69 Å². The zero-order valence-corrected chi connectivity index (χ0v) is 10.1. The lowest BCUT2D eigenvalue weighted by Crippen LogP contribution is -2.61. The van der Waals surface area contributed by atoms with E-state index in [2.05, 4.69) is 0 Å². The number of rotatable bonds is 2. The third-order valence-corrected chi connectivity index (χ3v) is 3.79. The number of ether oxygens (including phenoxy) is 1. The number of hydrogen-bond donors (Lipinski definition) is 2. The van der Waals surface area contributed by atoms with Crippen LogP contribution in [-0.2, 0) is 14.3 Å². The fourth-order valence-electron chi connectivity index (χ4n) is 2.94. The van der Waals surface area contributed by atoms with Crippen molar-refractivity contribution in [3.05, 3.63) is 0 Å². The summed E-state index contributed by atoms with van der Waals surface area (Å²) >= 11 is 0. The lowest BCUT2D eigenvalue weighted by molar-refractivity contribution is -0.159. The minimum absolute atomic E-state index is 0.0601. The molecular formula is C11H17NO5. The summed E-state index contributed by atoms with van der Waals surface area (Å²) in [4.78, 5) is 24.6. The monoisotopic (exact) mass is 243 g/mol. The molecule has 3 unspecified atom stereocenters. The Morgan fingerprint density at radius 1 is 1.59 bits per heavy atom. The van der Waals surface area contributed by atoms with Gasteiger partial charge in [-0.2, -0.15) is 0 Å². The summed E-state index contributed by atoms with van der Waals surface area (Å²) in [7, 11) is 0. The lowest BCUT2D eigenvalue weighted by atomic mass is 9.80. The van der Waals surface area contributed by atoms with Gasteiger partial charge in [0.2, 0.25) is 5.91 Å². The number of aliphatic hydroxyl groups excluding tert-OH is 1. The molecule has 2 aliphatic heterocycles. The molecule has 1 amide bonds. The van der Waals surface area contributed by atoms with Gasteiger partial charge >= 0.3 is 5.97 Å². The number of fused-ring (bicyclic) bond motifs is 1. The second-order valence-electron chi connectivity index (χ2n) is 5.09. The molecule has 17 heavy (non-hydrogen) atoms. The average molecular weight is 243 g/mol. The molecule has 0 saturated carbocycles. The van der Waals surface area contributed by atoms with E-state index in [0.29, 0.717) is 0 Å². The van der Waals surface area contributed by atoms with E-state index in [0.717, 1.165) is 4.90 Å². The Balaban J connectivity index is 2.53. The van der Waals surface area contributed by atoms with Crippen molar-refractivity contribution in [3.63, 3.8) is 0 Å². The Morgan fingerprint density at radius 3 is 2.65 bits per heavy atom. The highest BCUT2D eigenvalue weighted by Gasteiger charge is 2.69. The first kappa shape index (κ1) is 12.3. The largest absolute Gasteiger partial charge is 0.479 e. The van der Waals surface area contributed by atoms with Gasteiger partial charge in [0, 0.05) is 0 Å². The molecule has 4 atom stereocenters. The number of carboxylic acid groups (broad SMARTS) is 1. The second-order valence-corrected chi connectivity index (χ2v) is 5.09. The van der Waals surface area contributed by atoms with Crippen molar-refractivity contribution in [2.24, 2.45) is 11.8 Å². The maximum atomic E-state index is 11.9. The van der Waals surface area contributed by atoms with Gasteiger partial charge in [-0.15, -0.1) is 0 Å². The van der Waals surface area contributed by atoms with Crippen LogP contribution in [0.1, 0.15) is 20.8 Å². The fraction of sp³-hybridized carbons (Fsp3) is 0.818. The van der Waals surface area contributed by atoms with Crippen LogP contribution < -0.4 is 0 Å². The van der Waals surface area contributed by atoms with Crippen LogP contribution in [0.15, 0.2) is 0 Å². The third kappa shape index (κ3) is 1.28. The van der Waals surface area contributed by atoms with Crippen molar-refractivity contribution in [1.82, 2.24) is 4.90 Å². The molecule has 0 aliphatic carbocycles. The van der Waals surface area contributed by atoms with Crippen LogP contribution in [-0.4, -0.2) is 51.5 Å². The predicted molar refractivity (Wildman–Crippen MR) is 57.0 cm³/mol. The standard InChI is InChI=1S/C11H17NO5/c1-5(2)8-11(10(15)16)7(13)6(3)9(14)12(11)4-17-8/h5-8,13H,4H2,1-3H3,(H,15,16)/t6?,7?,8?,11-/m0/s1. The molecule has 0 bridgehead atoms. The minimum atomic E-state index is -1.62. The molecule has 0 aromatic heterocycles. The summed E-state index contributed by atoms with van der Waals surface area (Å²) in [5, 5.41) is 19.6. The van der Waals surface area contributed by atoms with Crippen molar-refractivity contribution < 1.29 is 24.5 Å². The van der Waals surface area contributed by atoms with E-state index in [1.54, 1.807) is 6.92 Å². The zero-order chi connectivity index (χ0) is 13.0. The number of carboxylic acids is 1. The third-order valence-electron chi connectivity index (χ3n) is 3.79. The van der Waals surface area contributed by atoms with E-state index >= 15 is 0 Å². The van der Waals surface area contributed by atoms with Crippen molar-refractivity contribution >= 4 is 11.9 Å². The molecule has 0 radical (unpaired) electrons. The molecule has 0 aromatic rings. The summed E-state index contributed by atoms with van der Waals surface area (Å²) in [6.07, 6.45) is -1.91. The van der Waals surface area contributed by atoms with Gasteiger partial charge in [-0.25, -0.2) is 4.79 Å². The first-order chi connectivity index (χ1) is 7.85. The summed E-state index contributed by atoms with van der Waals surface area (Å²) in [5.74, 6) is -2.35. The normalized spacial score (nSPS) is 41.1. The molecule has 2 rings (SSSR count). The highest BCUT2D eigenvalue weighted by Crippen LogP contribution is 2.44. The zero-order valence-electron chi connectivity index (χ0n) is 10.1. The Hall–Kier alpha value is -1.14. The molecule has 6 nitrogen and oxygen atoms in total. The summed E-state index contributed by atoms with van der Waals surface area (Å²) < 4.78 is 5.40. The molecule has 2 N–H and O–H groups in total. The molecule has 96 valence electrons. The molecular weight excluding hydrogens is 226 g/mol. The smallest absolute Gasteiger partial charge is 0.335 e. The highest BCUT2D eigenvalue weighted by molar-refractivity contribution is 5.94. The number of amides is 1. The van der Waals surface area contributed by atoms with Gasteiger partial charge in [0.05, 0.1) is 12.0 Å². The van der Waals surface area contributed by atoms with Gasteiger partial charge in [-0.1, -0.05) is 20.8 Å². The van der Waals surface area contributed by atoms with Crippen LogP contribution in [0.4, 0.5) is 0 Å². The van der Waals surface area contributed by atoms with Gasteiger partial charge in [0.25, 0.3) is 0 Å². The lowest BCUT2D eigenvalue weighted by Gasteiger charge is -2.35. The van der Waals surface area contributed by atoms with Crippen molar-refractivity contribution in [3.8, 4) is 0 Å². The maximum Gasteiger partial charge on any atom is 0.335 e. The van der Waals surface area contributed by atoms with Crippen LogP contribution in [0, 0.1) is 11.8 Å². The number of carbonyl (C=O) groups excluding carboxylic acids is 1. The van der Waals surface area contributed by atoms with E-state index in [1.807, 2.05) is 13.8 Å². The Kier molecular flexibility index (Phi) is 2.67. The molecule has 2 saturated heterocycles. The number of aliphatic hydroxyl groups is 1. The van der Waals surface area contributed by atoms with Crippen molar-refractivity contribution in [2.45, 2.75) is 38.5 Å². The molecule has 2 heterocycles. The van der Waals surface area contributed by atoms with Gasteiger partial charge < -0.3 is 14.9 Å². The number of carbonyl (C=O) groups is 2. The molecule has 6 heteroatoms. The molecule has 2 fully saturated rings. The van der Waals surface area contributed by atoms with Crippen molar-refractivity contribution in [1.29, 1.82) is 0 Å². The number of aliphatic carboxylic acids is 1. The molecule has 2 aliphatic rings. The van der Waals surface area contributed by atoms with Gasteiger partial charge in [0.1, 0.15) is 12.8 Å². The quantitative estimate of drug-likeness (QED) is 0.693. The average Bonchev–Trinajstić information content (AvgIpc) is 2.73. The van der Waals surface area contributed by atoms with E-state index in [9.17, 15) is 19.8 Å². The van der Waals surface area contributed by atoms with Crippen LogP contribution in [0.2, 0.25) is 0 Å². The van der Waals surface area contributed by atoms with Crippen LogP contribution in [0.3, 0.4) is 0 Å². The predicted octanol–water partition coefficient (Wildman–Crippen LogP) is -0.339. The van der Waals surface area contributed by atoms with Crippen LogP contribution in [0.5, 0.6) is 0 Å². The van der Waals surface area contributed by atoms with E-state index in [1.165, 1.54) is 0 Å². The van der Waals surface area contributed by atoms with E-state index in [-0.39, 0.29) is 18.6 Å². The van der Waals surface area contributed by atoms with Crippen molar-refractivity contribution in [2.75, 3.05) is 6.73 Å². The van der Waals surface area contributed by atoms with E-state index < -0.39 is 29.6 Å². The minimum Gasteiger partial charge on any atom is -0.479 e. The second kappa shape index (κ2) is 3.68. The van der Waals surface area contributed by atoms with Gasteiger partial charge in [0.15, 0.2) is 5.54 Å². The highest BCUT2D eigenvalue weighted by atomic mass is 16.5. The van der Waals surface area contributed by atoms with Crippen LogP contribution >= 0.6 is 0 Å². The van der Waals surface area contributed by atoms with Crippen LogP contribution in [0.25, 0.3) is 0 Å². The molecule has 0 aromatic carbocycles. The Labute approximate surface area is 99.2 Å². The Morgan fingerprint density at radius 2 is 2.18 bits per heavy atom. The maximum absolute atomic E-state index is 11.9. The SMILES string of the molecule is CC(C)C1OCN2C(=O)C(C)C(O)[C@@]12C(=O)O. The topological polar surface area (TPSA) is 87.1 Å². The first-order valence-corrected chi connectivity index (χ1v) is 5.69. The first-order valence-electron chi connectivity index (χ1n) is 5.69. The van der Waals surface area contributed by atoms with E-state index in [4.69, 9.17) is 4.74 Å². The summed E-state index contributed by atoms with van der Waals surface area (Å²) in [6.45, 7) is 5.13. The Bertz CT molecular complexity index is 369. The van der Waals surface area contributed by atoms with Gasteiger partial charge in [-0.05, 0) is 5.92 Å². The summed E-state index contributed by atoms with van der Waals surface area (Å²) in [5.41, 5.74) is -1.62. The fourth-order valence-corrected chi connectivity index (χ4v) is 2.94. The number of nitrogens with zero attached hydrogens (tertiary/aromatic N) is 1.